The second-order valence-corrected chi connectivity index (χ2v) is 5.39. The van der Waals surface area contributed by atoms with Crippen molar-refractivity contribution in [3.05, 3.63) is 11.5 Å². The van der Waals surface area contributed by atoms with Crippen molar-refractivity contribution < 1.29 is 0 Å². The Balaban J connectivity index is 1.79. The quantitative estimate of drug-likeness (QED) is 0.803. The van der Waals surface area contributed by atoms with Crippen molar-refractivity contribution in [2.24, 2.45) is 0 Å². The minimum Gasteiger partial charge on any atom is -0.393 e. The number of nitrogens with zero attached hydrogens (tertiary/aromatic N) is 3. The average Bonchev–Trinajstić information content (AvgIpc) is 2.36. The van der Waals surface area contributed by atoms with Gasteiger partial charge in [-0.2, -0.15) is 11.8 Å². The number of nitrogens with one attached hydrogen (secondary N) is 1. The van der Waals surface area contributed by atoms with E-state index in [1.165, 1.54) is 17.8 Å². The van der Waals surface area contributed by atoms with E-state index in [9.17, 15) is 0 Å². The third kappa shape index (κ3) is 3.62. The summed E-state index contributed by atoms with van der Waals surface area (Å²) in [5.41, 5.74) is 6.19. The normalized spacial score (nSPS) is 17.0. The molecule has 7 heteroatoms. The predicted molar refractivity (Wildman–Crippen MR) is 73.7 cm³/mol. The van der Waals surface area contributed by atoms with Gasteiger partial charge in [-0.1, -0.05) is 11.6 Å². The summed E-state index contributed by atoms with van der Waals surface area (Å²) >= 11 is 7.82. The van der Waals surface area contributed by atoms with Crippen LogP contribution >= 0.6 is 23.4 Å². The molecule has 0 spiro atoms. The lowest BCUT2D eigenvalue weighted by atomic mass is 10.4. The van der Waals surface area contributed by atoms with Crippen LogP contribution in [0.2, 0.25) is 5.15 Å². The Morgan fingerprint density at radius 3 is 2.94 bits per heavy atom. The number of aromatic nitrogens is 2. The number of hydrogen-bond acceptors (Lipinski definition) is 6. The number of hydrogen-bond donors (Lipinski definition) is 2. The summed E-state index contributed by atoms with van der Waals surface area (Å²) in [5.74, 6) is 3.07. The zero-order chi connectivity index (χ0) is 12.1. The van der Waals surface area contributed by atoms with Crippen molar-refractivity contribution in [3.8, 4) is 0 Å². The lowest BCUT2D eigenvalue weighted by Crippen LogP contribution is -2.36. The fraction of sp³-hybridized carbons (Fsp3) is 0.600. The second-order valence-electron chi connectivity index (χ2n) is 3.81. The Kier molecular flexibility index (Phi) is 4.70. The molecule has 1 saturated heterocycles. The van der Waals surface area contributed by atoms with Crippen LogP contribution in [-0.4, -0.2) is 52.6 Å². The van der Waals surface area contributed by atoms with E-state index in [2.05, 4.69) is 20.2 Å². The van der Waals surface area contributed by atoms with Gasteiger partial charge in [-0.3, -0.25) is 4.90 Å². The van der Waals surface area contributed by atoms with Crippen molar-refractivity contribution >= 4 is 34.9 Å². The van der Waals surface area contributed by atoms with Crippen molar-refractivity contribution in [2.75, 3.05) is 48.7 Å². The van der Waals surface area contributed by atoms with Gasteiger partial charge >= 0.3 is 0 Å². The highest BCUT2D eigenvalue weighted by atomic mass is 35.5. The lowest BCUT2D eigenvalue weighted by molar-refractivity contribution is 0.314. The van der Waals surface area contributed by atoms with Crippen molar-refractivity contribution in [1.82, 2.24) is 14.9 Å². The van der Waals surface area contributed by atoms with Crippen LogP contribution in [-0.2, 0) is 0 Å². The first-order chi connectivity index (χ1) is 8.27. The number of nitrogens with two attached hydrogens (primary N) is 1. The Labute approximate surface area is 110 Å². The van der Waals surface area contributed by atoms with E-state index in [0.717, 1.165) is 26.2 Å². The van der Waals surface area contributed by atoms with Crippen LogP contribution in [0, 0.1) is 0 Å². The number of nitrogen functional groups attached to an aromatic ring is 1. The Bertz CT molecular complexity index is 370. The predicted octanol–water partition coefficient (Wildman–Crippen LogP) is 1.17. The summed E-state index contributed by atoms with van der Waals surface area (Å²) in [6, 6.07) is 0. The first-order valence-electron chi connectivity index (χ1n) is 5.57. The van der Waals surface area contributed by atoms with Crippen LogP contribution < -0.4 is 11.1 Å². The molecule has 0 bridgehead atoms. The van der Waals surface area contributed by atoms with Crippen LogP contribution in [0.25, 0.3) is 0 Å². The van der Waals surface area contributed by atoms with E-state index in [-0.39, 0.29) is 0 Å². The molecule has 2 heterocycles. The van der Waals surface area contributed by atoms with Crippen molar-refractivity contribution in [1.29, 1.82) is 0 Å². The zero-order valence-electron chi connectivity index (χ0n) is 9.53. The van der Waals surface area contributed by atoms with Crippen LogP contribution in [0.1, 0.15) is 0 Å². The summed E-state index contributed by atoms with van der Waals surface area (Å²) in [7, 11) is 0. The maximum absolute atomic E-state index is 5.81. The van der Waals surface area contributed by atoms with Crippen molar-refractivity contribution in [3.63, 3.8) is 0 Å². The summed E-state index contributed by atoms with van der Waals surface area (Å²) in [4.78, 5) is 10.3. The molecule has 3 N–H and O–H groups in total. The standard InChI is InChI=1S/C10H16ClN5S/c11-9-8(12)10(15-7-14-9)13-1-2-16-3-5-17-6-4-16/h7H,1-6,12H2,(H,13,14,15). The van der Waals surface area contributed by atoms with E-state index in [1.54, 1.807) is 0 Å². The van der Waals surface area contributed by atoms with Gasteiger partial charge in [-0.25, -0.2) is 9.97 Å². The summed E-state index contributed by atoms with van der Waals surface area (Å²) in [5, 5.41) is 3.49. The Morgan fingerprint density at radius 2 is 2.18 bits per heavy atom. The van der Waals surface area contributed by atoms with Gasteiger partial charge in [0, 0.05) is 37.7 Å². The van der Waals surface area contributed by atoms with E-state index in [0.29, 0.717) is 16.7 Å². The third-order valence-electron chi connectivity index (χ3n) is 2.66. The largest absolute Gasteiger partial charge is 0.393 e. The smallest absolute Gasteiger partial charge is 0.157 e. The van der Waals surface area contributed by atoms with Gasteiger partial charge in [-0.05, 0) is 0 Å². The first-order valence-corrected chi connectivity index (χ1v) is 7.10. The fourth-order valence-corrected chi connectivity index (χ4v) is 2.78. The molecule has 0 aliphatic carbocycles. The van der Waals surface area contributed by atoms with E-state index >= 15 is 0 Å². The van der Waals surface area contributed by atoms with Crippen LogP contribution in [0.15, 0.2) is 6.33 Å². The third-order valence-corrected chi connectivity index (χ3v) is 3.90. The molecule has 5 nitrogen and oxygen atoms in total. The maximum atomic E-state index is 5.81. The molecule has 0 amide bonds. The van der Waals surface area contributed by atoms with Crippen LogP contribution in [0.4, 0.5) is 11.5 Å². The first kappa shape index (κ1) is 12.7. The Morgan fingerprint density at radius 1 is 1.41 bits per heavy atom. The highest BCUT2D eigenvalue weighted by Gasteiger charge is 2.10. The van der Waals surface area contributed by atoms with Gasteiger partial charge < -0.3 is 11.1 Å². The molecule has 0 atom stereocenters. The van der Waals surface area contributed by atoms with E-state index in [1.807, 2.05) is 11.8 Å². The highest BCUT2D eigenvalue weighted by Crippen LogP contribution is 2.21. The van der Waals surface area contributed by atoms with Gasteiger partial charge in [0.25, 0.3) is 0 Å². The summed E-state index contributed by atoms with van der Waals surface area (Å²) in [6.07, 6.45) is 1.42. The number of halogens is 1. The van der Waals surface area contributed by atoms with Gasteiger partial charge in [0.15, 0.2) is 11.0 Å². The average molecular weight is 274 g/mol. The topological polar surface area (TPSA) is 67.1 Å². The molecule has 1 aliphatic heterocycles. The monoisotopic (exact) mass is 273 g/mol. The van der Waals surface area contributed by atoms with Crippen molar-refractivity contribution in [2.45, 2.75) is 0 Å². The zero-order valence-corrected chi connectivity index (χ0v) is 11.1. The SMILES string of the molecule is Nc1c(Cl)ncnc1NCCN1CCSCC1. The van der Waals surface area contributed by atoms with Crippen LogP contribution in [0.3, 0.4) is 0 Å². The molecule has 0 aromatic carbocycles. The number of thioether (sulfide) groups is 1. The maximum Gasteiger partial charge on any atom is 0.157 e. The molecule has 17 heavy (non-hydrogen) atoms. The van der Waals surface area contributed by atoms with Gasteiger partial charge in [-0.15, -0.1) is 0 Å². The van der Waals surface area contributed by atoms with E-state index < -0.39 is 0 Å². The molecule has 0 saturated carbocycles. The molecular formula is C10H16ClN5S. The molecule has 1 fully saturated rings. The van der Waals surface area contributed by atoms with Gasteiger partial charge in [0.2, 0.25) is 0 Å². The molecular weight excluding hydrogens is 258 g/mol. The lowest BCUT2D eigenvalue weighted by Gasteiger charge is -2.26. The minimum atomic E-state index is 0.303. The molecule has 1 aliphatic rings. The Hall–Kier alpha value is -0.720. The molecule has 94 valence electrons. The number of anilines is 2. The molecule has 1 aromatic rings. The molecule has 1 aromatic heterocycles. The number of rotatable bonds is 4. The highest BCUT2D eigenvalue weighted by molar-refractivity contribution is 7.99. The minimum absolute atomic E-state index is 0.303. The fourth-order valence-electron chi connectivity index (χ4n) is 1.67. The second kappa shape index (κ2) is 6.28. The molecule has 2 rings (SSSR count). The molecule has 0 radical (unpaired) electrons. The summed E-state index contributed by atoms with van der Waals surface area (Å²) < 4.78 is 0. The summed E-state index contributed by atoms with van der Waals surface area (Å²) in [6.45, 7) is 4.14. The van der Waals surface area contributed by atoms with Gasteiger partial charge in [0.1, 0.15) is 12.0 Å². The van der Waals surface area contributed by atoms with E-state index in [4.69, 9.17) is 17.3 Å². The molecule has 0 unspecified atom stereocenters. The van der Waals surface area contributed by atoms with Crippen LogP contribution in [0.5, 0.6) is 0 Å². The van der Waals surface area contributed by atoms with Gasteiger partial charge in [0.05, 0.1) is 0 Å².